The molecule has 0 heterocycles. The van der Waals surface area contributed by atoms with Crippen LogP contribution in [0, 0.1) is 0 Å². The molecule has 0 aromatic heterocycles. The number of rotatable bonds is 7. The van der Waals surface area contributed by atoms with Crippen LogP contribution in [0.3, 0.4) is 0 Å². The summed E-state index contributed by atoms with van der Waals surface area (Å²) in [5.41, 5.74) is 2.83. The van der Waals surface area contributed by atoms with Crippen LogP contribution < -0.4 is 15.8 Å². The van der Waals surface area contributed by atoms with Crippen LogP contribution in [-0.2, 0) is 26.7 Å². The molecule has 0 radical (unpaired) electrons. The Morgan fingerprint density at radius 3 is 2.26 bits per heavy atom. The number of carbonyl (C=O) groups is 1. The molecule has 0 unspecified atom stereocenters. The number of carbonyl (C=O) groups excluding carboxylic acids is 1. The van der Waals surface area contributed by atoms with Crippen molar-refractivity contribution in [2.45, 2.75) is 37.5 Å². The summed E-state index contributed by atoms with van der Waals surface area (Å²) in [6.07, 6.45) is 0.677. The van der Waals surface area contributed by atoms with Crippen LogP contribution in [0.5, 0.6) is 0 Å². The van der Waals surface area contributed by atoms with E-state index < -0.39 is 10.0 Å². The number of hydrogen-bond acceptors (Lipinski definition) is 4. The Kier molecular flexibility index (Phi) is 6.75. The highest BCUT2D eigenvalue weighted by molar-refractivity contribution is 7.89. The summed E-state index contributed by atoms with van der Waals surface area (Å²) in [4.78, 5) is 12.3. The van der Waals surface area contributed by atoms with Crippen molar-refractivity contribution >= 4 is 21.6 Å². The fourth-order valence-electron chi connectivity index (χ4n) is 2.72. The van der Waals surface area contributed by atoms with Gasteiger partial charge in [0.05, 0.1) is 11.4 Å². The summed E-state index contributed by atoms with van der Waals surface area (Å²) in [5, 5.41) is 11.1. The predicted molar refractivity (Wildman–Crippen MR) is 108 cm³/mol. The number of hydrogen-bond donors (Lipinski definition) is 3. The monoisotopic (exact) mass is 389 g/mol. The lowest BCUT2D eigenvalue weighted by atomic mass is 9.86. The van der Waals surface area contributed by atoms with Crippen LogP contribution in [-0.4, -0.2) is 27.4 Å². The van der Waals surface area contributed by atoms with Crippen LogP contribution in [0.15, 0.2) is 53.4 Å². The van der Waals surface area contributed by atoms with Crippen molar-refractivity contribution in [1.82, 2.24) is 5.32 Å². The summed E-state index contributed by atoms with van der Waals surface area (Å²) >= 11 is 0. The van der Waals surface area contributed by atoms with Crippen LogP contribution in [0.25, 0.3) is 0 Å². The minimum atomic E-state index is -3.67. The third-order valence-corrected chi connectivity index (χ3v) is 5.07. The number of amides is 1. The van der Waals surface area contributed by atoms with Crippen LogP contribution in [0.2, 0.25) is 0 Å². The number of nitrogens with one attached hydrogen (secondary N) is 2. The van der Waals surface area contributed by atoms with Gasteiger partial charge in [-0.2, -0.15) is 0 Å². The van der Waals surface area contributed by atoms with E-state index in [1.165, 1.54) is 12.1 Å². The third kappa shape index (κ3) is 6.46. The van der Waals surface area contributed by atoms with Gasteiger partial charge in [-0.25, -0.2) is 13.6 Å². The largest absolute Gasteiger partial charge is 0.325 e. The second-order valence-electron chi connectivity index (χ2n) is 7.46. The number of anilines is 1. The summed E-state index contributed by atoms with van der Waals surface area (Å²) in [5.74, 6) is -0.101. The molecule has 0 atom stereocenters. The van der Waals surface area contributed by atoms with E-state index in [4.69, 9.17) is 5.14 Å². The molecule has 6 nitrogen and oxygen atoms in total. The first-order valence-corrected chi connectivity index (χ1v) is 10.3. The molecule has 4 N–H and O–H groups in total. The van der Waals surface area contributed by atoms with E-state index >= 15 is 0 Å². The average Bonchev–Trinajstić information content (AvgIpc) is 2.58. The van der Waals surface area contributed by atoms with Gasteiger partial charge in [-0.3, -0.25) is 4.79 Å². The molecule has 0 saturated carbocycles. The van der Waals surface area contributed by atoms with Crippen LogP contribution in [0.4, 0.5) is 5.69 Å². The van der Waals surface area contributed by atoms with E-state index in [0.717, 1.165) is 16.8 Å². The molecule has 0 bridgehead atoms. The molecule has 1 amide bonds. The molecule has 2 aromatic rings. The minimum absolute atomic E-state index is 0.0551. The first-order chi connectivity index (χ1) is 12.6. The van der Waals surface area contributed by atoms with Crippen molar-refractivity contribution < 1.29 is 13.2 Å². The van der Waals surface area contributed by atoms with Crippen molar-refractivity contribution in [3.05, 3.63) is 59.7 Å². The molecule has 0 fully saturated rings. The molecule has 146 valence electrons. The normalized spacial score (nSPS) is 12.0. The van der Waals surface area contributed by atoms with Crippen molar-refractivity contribution in [2.75, 3.05) is 18.4 Å². The molecule has 2 aromatic carbocycles. The van der Waals surface area contributed by atoms with E-state index in [2.05, 4.69) is 31.4 Å². The molecule has 0 aliphatic heterocycles. The number of benzene rings is 2. The smallest absolute Gasteiger partial charge is 0.238 e. The predicted octanol–water partition coefficient (Wildman–Crippen LogP) is 2.40. The Morgan fingerprint density at radius 2 is 1.67 bits per heavy atom. The highest BCUT2D eigenvalue weighted by Gasteiger charge is 2.18. The molecule has 27 heavy (non-hydrogen) atoms. The Hall–Kier alpha value is -2.22. The van der Waals surface area contributed by atoms with Gasteiger partial charge >= 0.3 is 0 Å². The van der Waals surface area contributed by atoms with Gasteiger partial charge in [0.25, 0.3) is 0 Å². The average molecular weight is 390 g/mol. The maximum absolute atomic E-state index is 12.2. The van der Waals surface area contributed by atoms with Crippen molar-refractivity contribution in [3.8, 4) is 0 Å². The zero-order chi connectivity index (χ0) is 20.1. The molecule has 2 rings (SSSR count). The lowest BCUT2D eigenvalue weighted by Crippen LogP contribution is -2.30. The summed E-state index contributed by atoms with van der Waals surface area (Å²) < 4.78 is 22.5. The van der Waals surface area contributed by atoms with Crippen molar-refractivity contribution in [3.63, 3.8) is 0 Å². The standard InChI is InChI=1S/C20H27N3O3S/c1-20(2,3)17-6-4-5-7-18(17)23-19(24)14-22-13-12-15-8-10-16(11-9-15)27(21,25)26/h4-11,22H,12-14H2,1-3H3,(H,23,24)(H2,21,25,26). The van der Waals surface area contributed by atoms with Crippen molar-refractivity contribution in [2.24, 2.45) is 5.14 Å². The molecule has 0 saturated heterocycles. The van der Waals surface area contributed by atoms with Gasteiger partial charge in [-0.1, -0.05) is 51.1 Å². The van der Waals surface area contributed by atoms with Gasteiger partial charge in [-0.05, 0) is 47.7 Å². The molecule has 0 aliphatic rings. The van der Waals surface area contributed by atoms with E-state index in [1.54, 1.807) is 12.1 Å². The van der Waals surface area contributed by atoms with E-state index in [9.17, 15) is 13.2 Å². The fourth-order valence-corrected chi connectivity index (χ4v) is 3.24. The van der Waals surface area contributed by atoms with Gasteiger partial charge in [0.2, 0.25) is 15.9 Å². The maximum atomic E-state index is 12.2. The first-order valence-electron chi connectivity index (χ1n) is 8.79. The van der Waals surface area contributed by atoms with Gasteiger partial charge in [-0.15, -0.1) is 0 Å². The number of primary sulfonamides is 1. The third-order valence-electron chi connectivity index (χ3n) is 4.14. The first kappa shape index (κ1) is 21.1. The Balaban J connectivity index is 1.82. The lowest BCUT2D eigenvalue weighted by molar-refractivity contribution is -0.115. The number of sulfonamides is 1. The fraction of sp³-hybridized carbons (Fsp3) is 0.350. The zero-order valence-electron chi connectivity index (χ0n) is 16.0. The summed E-state index contributed by atoms with van der Waals surface area (Å²) in [7, 11) is -3.67. The van der Waals surface area contributed by atoms with Crippen molar-refractivity contribution in [1.29, 1.82) is 0 Å². The second kappa shape index (κ2) is 8.65. The van der Waals surface area contributed by atoms with Crippen LogP contribution in [0.1, 0.15) is 31.9 Å². The van der Waals surface area contributed by atoms with Gasteiger partial charge in [0.15, 0.2) is 0 Å². The molecular weight excluding hydrogens is 362 g/mol. The van der Waals surface area contributed by atoms with E-state index in [1.807, 2.05) is 24.3 Å². The van der Waals surface area contributed by atoms with Crippen LogP contribution >= 0.6 is 0 Å². The Morgan fingerprint density at radius 1 is 1.04 bits per heavy atom. The summed E-state index contributed by atoms with van der Waals surface area (Å²) in [6.45, 7) is 7.13. The second-order valence-corrected chi connectivity index (χ2v) is 9.02. The minimum Gasteiger partial charge on any atom is -0.325 e. The molecular formula is C20H27N3O3S. The highest BCUT2D eigenvalue weighted by atomic mass is 32.2. The van der Waals surface area contributed by atoms with Gasteiger partial charge in [0, 0.05) is 5.69 Å². The SMILES string of the molecule is CC(C)(C)c1ccccc1NC(=O)CNCCc1ccc(S(N)(=O)=O)cc1. The Bertz CT molecular complexity index is 885. The van der Waals surface area contributed by atoms with E-state index in [-0.39, 0.29) is 22.8 Å². The summed E-state index contributed by atoms with van der Waals surface area (Å²) in [6, 6.07) is 14.2. The molecule has 7 heteroatoms. The number of nitrogens with two attached hydrogens (primary N) is 1. The quantitative estimate of drug-likeness (QED) is 0.633. The zero-order valence-corrected chi connectivity index (χ0v) is 16.8. The topological polar surface area (TPSA) is 101 Å². The molecule has 0 aliphatic carbocycles. The number of para-hydroxylation sites is 1. The Labute approximate surface area is 161 Å². The highest BCUT2D eigenvalue weighted by Crippen LogP contribution is 2.29. The van der Waals surface area contributed by atoms with E-state index in [0.29, 0.717) is 13.0 Å². The van der Waals surface area contributed by atoms with Gasteiger partial charge in [0.1, 0.15) is 0 Å². The lowest BCUT2D eigenvalue weighted by Gasteiger charge is -2.23. The van der Waals surface area contributed by atoms with Gasteiger partial charge < -0.3 is 10.6 Å². The molecule has 0 spiro atoms. The maximum Gasteiger partial charge on any atom is 0.238 e.